The highest BCUT2D eigenvalue weighted by Crippen LogP contribution is 2.26. The van der Waals surface area contributed by atoms with Gasteiger partial charge in [-0.3, -0.25) is 9.59 Å². The minimum atomic E-state index is -1.07. The van der Waals surface area contributed by atoms with E-state index in [1.165, 1.54) is 6.07 Å². The van der Waals surface area contributed by atoms with Crippen LogP contribution in [0.25, 0.3) is 0 Å². The molecule has 138 valence electrons. The third-order valence-corrected chi connectivity index (χ3v) is 4.01. The topological polar surface area (TPSA) is 67.4 Å². The molecule has 1 atom stereocenters. The van der Waals surface area contributed by atoms with Crippen molar-refractivity contribution in [1.82, 2.24) is 5.32 Å². The SMILES string of the molecule is Cc1ccc(OC(C)C(=O)NCC(=O)Nc2ccc(F)c(F)c2)c(Br)c1. The Morgan fingerprint density at radius 2 is 1.88 bits per heavy atom. The molecule has 0 bridgehead atoms. The second-order valence-electron chi connectivity index (χ2n) is 5.59. The average molecular weight is 427 g/mol. The van der Waals surface area contributed by atoms with Crippen molar-refractivity contribution < 1.29 is 23.1 Å². The largest absolute Gasteiger partial charge is 0.480 e. The van der Waals surface area contributed by atoms with Crippen molar-refractivity contribution >= 4 is 33.4 Å². The van der Waals surface area contributed by atoms with Crippen molar-refractivity contribution in [2.45, 2.75) is 20.0 Å². The molecule has 8 heteroatoms. The maximum Gasteiger partial charge on any atom is 0.261 e. The Kier molecular flexibility index (Phi) is 6.68. The van der Waals surface area contributed by atoms with E-state index >= 15 is 0 Å². The number of hydrogen-bond acceptors (Lipinski definition) is 3. The third kappa shape index (κ3) is 5.52. The van der Waals surface area contributed by atoms with Gasteiger partial charge in [0.2, 0.25) is 5.91 Å². The lowest BCUT2D eigenvalue weighted by Gasteiger charge is -2.16. The quantitative estimate of drug-likeness (QED) is 0.741. The summed E-state index contributed by atoms with van der Waals surface area (Å²) in [5.74, 6) is -2.64. The van der Waals surface area contributed by atoms with Gasteiger partial charge in [-0.25, -0.2) is 8.78 Å². The lowest BCUT2D eigenvalue weighted by Crippen LogP contribution is -2.40. The van der Waals surface area contributed by atoms with Gasteiger partial charge in [0.25, 0.3) is 5.91 Å². The third-order valence-electron chi connectivity index (χ3n) is 3.39. The number of benzene rings is 2. The van der Waals surface area contributed by atoms with E-state index in [-0.39, 0.29) is 12.2 Å². The van der Waals surface area contributed by atoms with Crippen LogP contribution < -0.4 is 15.4 Å². The molecule has 0 saturated heterocycles. The molecule has 1 unspecified atom stereocenters. The molecule has 5 nitrogen and oxygen atoms in total. The minimum Gasteiger partial charge on any atom is -0.480 e. The summed E-state index contributed by atoms with van der Waals surface area (Å²) in [4.78, 5) is 23.8. The van der Waals surface area contributed by atoms with Gasteiger partial charge < -0.3 is 15.4 Å². The van der Waals surface area contributed by atoms with Gasteiger partial charge in [0.15, 0.2) is 17.7 Å². The van der Waals surface area contributed by atoms with E-state index in [1.54, 1.807) is 13.0 Å². The van der Waals surface area contributed by atoms with Crippen LogP contribution in [0.5, 0.6) is 5.75 Å². The minimum absolute atomic E-state index is 0.0935. The van der Waals surface area contributed by atoms with E-state index in [0.29, 0.717) is 10.2 Å². The molecule has 0 aliphatic heterocycles. The summed E-state index contributed by atoms with van der Waals surface area (Å²) in [6, 6.07) is 8.42. The van der Waals surface area contributed by atoms with Crippen LogP contribution >= 0.6 is 15.9 Å². The van der Waals surface area contributed by atoms with E-state index in [9.17, 15) is 18.4 Å². The van der Waals surface area contributed by atoms with Crippen LogP contribution in [0.4, 0.5) is 14.5 Å². The van der Waals surface area contributed by atoms with Crippen LogP contribution in [0.1, 0.15) is 12.5 Å². The second-order valence-corrected chi connectivity index (χ2v) is 6.44. The van der Waals surface area contributed by atoms with Crippen molar-refractivity contribution in [2.75, 3.05) is 11.9 Å². The summed E-state index contributed by atoms with van der Waals surface area (Å²) >= 11 is 3.36. The fourth-order valence-electron chi connectivity index (χ4n) is 2.04. The summed E-state index contributed by atoms with van der Waals surface area (Å²) in [5, 5.41) is 4.78. The van der Waals surface area contributed by atoms with E-state index in [1.807, 2.05) is 19.1 Å². The van der Waals surface area contributed by atoms with Gasteiger partial charge in [-0.2, -0.15) is 0 Å². The highest BCUT2D eigenvalue weighted by atomic mass is 79.9. The normalized spacial score (nSPS) is 11.6. The Labute approximate surface area is 157 Å². The first kappa shape index (κ1) is 19.8. The fourth-order valence-corrected chi connectivity index (χ4v) is 2.62. The van der Waals surface area contributed by atoms with Gasteiger partial charge in [-0.1, -0.05) is 6.07 Å². The summed E-state index contributed by atoms with van der Waals surface area (Å²) in [5.41, 5.74) is 1.13. The lowest BCUT2D eigenvalue weighted by molar-refractivity contribution is -0.129. The molecule has 2 rings (SSSR count). The molecule has 2 N–H and O–H groups in total. The Hall–Kier alpha value is -2.48. The van der Waals surface area contributed by atoms with Gasteiger partial charge in [0, 0.05) is 11.8 Å². The molecule has 0 radical (unpaired) electrons. The van der Waals surface area contributed by atoms with Crippen molar-refractivity contribution in [2.24, 2.45) is 0 Å². The summed E-state index contributed by atoms with van der Waals surface area (Å²) < 4.78 is 32.2. The number of carbonyl (C=O) groups excluding carboxylic acids is 2. The zero-order valence-corrected chi connectivity index (χ0v) is 15.7. The van der Waals surface area contributed by atoms with E-state index in [0.717, 1.165) is 17.7 Å². The van der Waals surface area contributed by atoms with Crippen LogP contribution in [0.15, 0.2) is 40.9 Å². The van der Waals surface area contributed by atoms with Crippen LogP contribution in [-0.4, -0.2) is 24.5 Å². The summed E-state index contributed by atoms with van der Waals surface area (Å²) in [7, 11) is 0. The molecular formula is C18H17BrF2N2O3. The lowest BCUT2D eigenvalue weighted by atomic mass is 10.2. The number of halogens is 3. The molecular weight excluding hydrogens is 410 g/mol. The maximum atomic E-state index is 13.1. The predicted octanol–water partition coefficient (Wildman–Crippen LogP) is 3.56. The van der Waals surface area contributed by atoms with Crippen LogP contribution in [-0.2, 0) is 9.59 Å². The van der Waals surface area contributed by atoms with E-state index in [4.69, 9.17) is 4.74 Å². The summed E-state index contributed by atoms with van der Waals surface area (Å²) in [6.45, 7) is 3.14. The van der Waals surface area contributed by atoms with Crippen LogP contribution in [0.2, 0.25) is 0 Å². The molecule has 0 fully saturated rings. The molecule has 0 saturated carbocycles. The second kappa shape index (κ2) is 8.75. The molecule has 0 spiro atoms. The fraction of sp³-hybridized carbons (Fsp3) is 0.222. The first-order valence-corrected chi connectivity index (χ1v) is 8.51. The van der Waals surface area contributed by atoms with Gasteiger partial charge in [0.05, 0.1) is 11.0 Å². The maximum absolute atomic E-state index is 13.1. The van der Waals surface area contributed by atoms with Crippen molar-refractivity contribution in [3.8, 4) is 5.75 Å². The van der Waals surface area contributed by atoms with E-state index in [2.05, 4.69) is 26.6 Å². The predicted molar refractivity (Wildman–Crippen MR) is 97.0 cm³/mol. The first-order valence-electron chi connectivity index (χ1n) is 7.71. The first-order chi connectivity index (χ1) is 12.3. The van der Waals surface area contributed by atoms with Crippen molar-refractivity contribution in [3.05, 3.63) is 58.1 Å². The van der Waals surface area contributed by atoms with Crippen molar-refractivity contribution in [3.63, 3.8) is 0 Å². The molecule has 2 aromatic carbocycles. The number of carbonyl (C=O) groups is 2. The van der Waals surface area contributed by atoms with Gasteiger partial charge in [-0.15, -0.1) is 0 Å². The number of ether oxygens (including phenoxy) is 1. The molecule has 0 aliphatic rings. The Morgan fingerprint density at radius 3 is 2.54 bits per heavy atom. The Balaban J connectivity index is 1.84. The summed E-state index contributed by atoms with van der Waals surface area (Å²) in [6.07, 6.45) is -0.829. The number of amides is 2. The highest BCUT2D eigenvalue weighted by Gasteiger charge is 2.17. The standard InChI is InChI=1S/C18H17BrF2N2O3/c1-10-3-6-16(13(19)7-10)26-11(2)18(25)22-9-17(24)23-12-4-5-14(20)15(21)8-12/h3-8,11H,9H2,1-2H3,(H,22,25)(H,23,24). The number of hydrogen-bond donors (Lipinski definition) is 2. The van der Waals surface area contributed by atoms with E-state index < -0.39 is 29.6 Å². The molecule has 2 amide bonds. The molecule has 2 aromatic rings. The van der Waals surface area contributed by atoms with Gasteiger partial charge in [0.1, 0.15) is 5.75 Å². The number of nitrogens with one attached hydrogen (secondary N) is 2. The number of rotatable bonds is 6. The highest BCUT2D eigenvalue weighted by molar-refractivity contribution is 9.10. The van der Waals surface area contributed by atoms with Gasteiger partial charge >= 0.3 is 0 Å². The number of anilines is 1. The molecule has 0 heterocycles. The average Bonchev–Trinajstić information content (AvgIpc) is 2.58. The van der Waals surface area contributed by atoms with Crippen molar-refractivity contribution in [1.29, 1.82) is 0 Å². The zero-order valence-electron chi connectivity index (χ0n) is 14.1. The molecule has 0 aliphatic carbocycles. The smallest absolute Gasteiger partial charge is 0.261 e. The van der Waals surface area contributed by atoms with Crippen LogP contribution in [0.3, 0.4) is 0 Å². The number of aryl methyl sites for hydroxylation is 1. The van der Waals surface area contributed by atoms with Gasteiger partial charge in [-0.05, 0) is 59.6 Å². The Bertz CT molecular complexity index is 830. The van der Waals surface area contributed by atoms with Crippen LogP contribution in [0, 0.1) is 18.6 Å². The molecule has 26 heavy (non-hydrogen) atoms. The Morgan fingerprint density at radius 1 is 1.15 bits per heavy atom. The zero-order chi connectivity index (χ0) is 19.3. The monoisotopic (exact) mass is 426 g/mol. The molecule has 0 aromatic heterocycles.